The van der Waals surface area contributed by atoms with Crippen molar-refractivity contribution in [3.8, 4) is 0 Å². The lowest BCUT2D eigenvalue weighted by molar-refractivity contribution is 0.450. The Morgan fingerprint density at radius 1 is 1.33 bits per heavy atom. The molecule has 0 unspecified atom stereocenters. The van der Waals surface area contributed by atoms with Gasteiger partial charge in [-0.1, -0.05) is 16.8 Å². The highest BCUT2D eigenvalue weighted by Gasteiger charge is 2.08. The molecule has 0 saturated heterocycles. The average Bonchev–Trinajstić information content (AvgIpc) is 2.41. The lowest BCUT2D eigenvalue weighted by atomic mass is 10.1. The second-order valence-corrected chi connectivity index (χ2v) is 3.22. The zero-order chi connectivity index (χ0) is 8.72. The molecule has 0 spiro atoms. The van der Waals surface area contributed by atoms with Gasteiger partial charge in [-0.25, -0.2) is 0 Å². The van der Waals surface area contributed by atoms with E-state index in [-0.39, 0.29) is 0 Å². The number of hydrogen-bond acceptors (Lipinski definition) is 2. The van der Waals surface area contributed by atoms with E-state index in [0.29, 0.717) is 0 Å². The molecule has 0 aliphatic heterocycles. The summed E-state index contributed by atoms with van der Waals surface area (Å²) < 4.78 is 5.08. The summed E-state index contributed by atoms with van der Waals surface area (Å²) in [6, 6.07) is 3.66. The molecule has 12 heavy (non-hydrogen) atoms. The first kappa shape index (κ1) is 7.62. The molecule has 0 radical (unpaired) electrons. The predicted octanol–water partition coefficient (Wildman–Crippen LogP) is 3.10. The third-order valence-corrected chi connectivity index (χ3v) is 2.41. The van der Waals surface area contributed by atoms with Crippen LogP contribution in [0.1, 0.15) is 11.3 Å². The number of aromatic nitrogens is 1. The van der Waals surface area contributed by atoms with E-state index in [2.05, 4.69) is 5.16 Å². The molecular weight excluding hydrogens is 174 g/mol. The summed E-state index contributed by atoms with van der Waals surface area (Å²) in [6.45, 7) is 3.88. The van der Waals surface area contributed by atoms with Gasteiger partial charge in [0.1, 0.15) is 0 Å². The number of hydrogen-bond donors (Lipinski definition) is 0. The number of aryl methyl sites for hydroxylation is 2. The molecule has 1 heterocycles. The van der Waals surface area contributed by atoms with E-state index in [4.69, 9.17) is 16.1 Å². The van der Waals surface area contributed by atoms with Gasteiger partial charge >= 0.3 is 0 Å². The van der Waals surface area contributed by atoms with Crippen LogP contribution in [0.4, 0.5) is 0 Å². The van der Waals surface area contributed by atoms with Crippen LogP contribution in [-0.4, -0.2) is 5.16 Å². The zero-order valence-corrected chi connectivity index (χ0v) is 7.64. The Balaban J connectivity index is 2.96. The Hall–Kier alpha value is -1.02. The van der Waals surface area contributed by atoms with Crippen LogP contribution in [0, 0.1) is 13.8 Å². The summed E-state index contributed by atoms with van der Waals surface area (Å²) in [4.78, 5) is 0. The van der Waals surface area contributed by atoms with Crippen LogP contribution in [-0.2, 0) is 0 Å². The molecule has 0 saturated carbocycles. The standard InChI is InChI=1S/C9H8ClNO/c1-5-7(10)3-4-8-9(5)6(2)11-12-8/h3-4H,1-2H3. The van der Waals surface area contributed by atoms with Gasteiger partial charge in [0.15, 0.2) is 5.58 Å². The van der Waals surface area contributed by atoms with Crippen LogP contribution in [0.15, 0.2) is 16.7 Å². The molecule has 0 aliphatic carbocycles. The van der Waals surface area contributed by atoms with Crippen LogP contribution in [0.25, 0.3) is 11.0 Å². The van der Waals surface area contributed by atoms with Crippen molar-refractivity contribution in [1.82, 2.24) is 5.16 Å². The van der Waals surface area contributed by atoms with Gasteiger partial charge in [-0.15, -0.1) is 0 Å². The van der Waals surface area contributed by atoms with Crippen LogP contribution < -0.4 is 0 Å². The Bertz CT molecular complexity index is 433. The maximum Gasteiger partial charge on any atom is 0.167 e. The van der Waals surface area contributed by atoms with Gasteiger partial charge in [0.25, 0.3) is 0 Å². The van der Waals surface area contributed by atoms with E-state index in [1.54, 1.807) is 0 Å². The Morgan fingerprint density at radius 3 is 2.83 bits per heavy atom. The summed E-state index contributed by atoms with van der Waals surface area (Å²) in [6.07, 6.45) is 0. The Kier molecular flexibility index (Phi) is 1.58. The number of fused-ring (bicyclic) bond motifs is 1. The first-order valence-corrected chi connectivity index (χ1v) is 4.09. The second kappa shape index (κ2) is 2.49. The van der Waals surface area contributed by atoms with Crippen molar-refractivity contribution >= 4 is 22.6 Å². The van der Waals surface area contributed by atoms with Gasteiger partial charge in [-0.05, 0) is 31.5 Å². The predicted molar refractivity (Wildman–Crippen MR) is 48.5 cm³/mol. The van der Waals surface area contributed by atoms with Gasteiger partial charge in [0, 0.05) is 10.4 Å². The van der Waals surface area contributed by atoms with E-state index in [9.17, 15) is 0 Å². The first-order chi connectivity index (χ1) is 5.70. The highest BCUT2D eigenvalue weighted by atomic mass is 35.5. The fourth-order valence-corrected chi connectivity index (χ4v) is 1.51. The monoisotopic (exact) mass is 181 g/mol. The van der Waals surface area contributed by atoms with Crippen LogP contribution in [0.2, 0.25) is 5.02 Å². The fourth-order valence-electron chi connectivity index (χ4n) is 1.35. The maximum atomic E-state index is 5.95. The van der Waals surface area contributed by atoms with Crippen LogP contribution >= 0.6 is 11.6 Å². The first-order valence-electron chi connectivity index (χ1n) is 3.71. The quantitative estimate of drug-likeness (QED) is 0.624. The Labute approximate surface area is 75.1 Å². The molecule has 62 valence electrons. The molecule has 3 heteroatoms. The summed E-state index contributed by atoms with van der Waals surface area (Å²) in [5, 5.41) is 5.65. The molecule has 0 N–H and O–H groups in total. The molecule has 1 aromatic carbocycles. The summed E-state index contributed by atoms with van der Waals surface area (Å²) in [5.74, 6) is 0. The number of halogens is 1. The van der Waals surface area contributed by atoms with Crippen LogP contribution in [0.3, 0.4) is 0 Å². The highest BCUT2D eigenvalue weighted by Crippen LogP contribution is 2.27. The molecule has 2 rings (SSSR count). The van der Waals surface area contributed by atoms with E-state index >= 15 is 0 Å². The normalized spacial score (nSPS) is 10.9. The van der Waals surface area contributed by atoms with Gasteiger partial charge in [0.05, 0.1) is 5.69 Å². The van der Waals surface area contributed by atoms with E-state index in [1.807, 2.05) is 26.0 Å². The van der Waals surface area contributed by atoms with Crippen molar-refractivity contribution in [3.63, 3.8) is 0 Å². The average molecular weight is 182 g/mol. The molecule has 0 amide bonds. The molecule has 0 fully saturated rings. The molecule has 0 atom stereocenters. The topological polar surface area (TPSA) is 26.0 Å². The minimum atomic E-state index is 0.758. The minimum Gasteiger partial charge on any atom is -0.356 e. The molecule has 2 aromatic rings. The lowest BCUT2D eigenvalue weighted by Crippen LogP contribution is -1.78. The molecule has 2 nitrogen and oxygen atoms in total. The lowest BCUT2D eigenvalue weighted by Gasteiger charge is -1.96. The van der Waals surface area contributed by atoms with Crippen LogP contribution in [0.5, 0.6) is 0 Å². The smallest absolute Gasteiger partial charge is 0.167 e. The van der Waals surface area contributed by atoms with Gasteiger partial charge in [-0.2, -0.15) is 0 Å². The third kappa shape index (κ3) is 0.916. The molecular formula is C9H8ClNO. The number of rotatable bonds is 0. The van der Waals surface area contributed by atoms with Crippen molar-refractivity contribution in [1.29, 1.82) is 0 Å². The van der Waals surface area contributed by atoms with Crippen molar-refractivity contribution < 1.29 is 4.52 Å². The highest BCUT2D eigenvalue weighted by molar-refractivity contribution is 6.32. The SMILES string of the molecule is Cc1noc2ccc(Cl)c(C)c12. The third-order valence-electron chi connectivity index (χ3n) is 2.00. The van der Waals surface area contributed by atoms with Crippen molar-refractivity contribution in [2.45, 2.75) is 13.8 Å². The summed E-state index contributed by atoms with van der Waals surface area (Å²) >= 11 is 5.95. The van der Waals surface area contributed by atoms with Gasteiger partial charge in [0.2, 0.25) is 0 Å². The molecule has 0 bridgehead atoms. The Morgan fingerprint density at radius 2 is 2.08 bits per heavy atom. The van der Waals surface area contributed by atoms with Gasteiger partial charge < -0.3 is 4.52 Å². The fraction of sp³-hybridized carbons (Fsp3) is 0.222. The zero-order valence-electron chi connectivity index (χ0n) is 6.89. The molecule has 0 aliphatic rings. The minimum absolute atomic E-state index is 0.758. The van der Waals surface area contributed by atoms with E-state index < -0.39 is 0 Å². The number of nitrogens with zero attached hydrogens (tertiary/aromatic N) is 1. The van der Waals surface area contributed by atoms with Crippen molar-refractivity contribution in [3.05, 3.63) is 28.4 Å². The van der Waals surface area contributed by atoms with E-state index in [1.165, 1.54) is 0 Å². The van der Waals surface area contributed by atoms with Crippen molar-refractivity contribution in [2.75, 3.05) is 0 Å². The molecule has 1 aromatic heterocycles. The largest absolute Gasteiger partial charge is 0.356 e. The summed E-state index contributed by atoms with van der Waals surface area (Å²) in [5.41, 5.74) is 2.73. The second-order valence-electron chi connectivity index (χ2n) is 2.81. The van der Waals surface area contributed by atoms with Crippen molar-refractivity contribution in [2.24, 2.45) is 0 Å². The maximum absolute atomic E-state index is 5.95. The summed E-state index contributed by atoms with van der Waals surface area (Å²) in [7, 11) is 0. The van der Waals surface area contributed by atoms with Gasteiger partial charge in [-0.3, -0.25) is 0 Å². The van der Waals surface area contributed by atoms with E-state index in [0.717, 1.165) is 27.2 Å². The number of benzene rings is 1.